The van der Waals surface area contributed by atoms with Gasteiger partial charge in [-0.05, 0) is 12.5 Å². The Morgan fingerprint density at radius 3 is 2.50 bits per heavy atom. The minimum Gasteiger partial charge on any atom is -0.480 e. The number of carboxylic acids is 1. The van der Waals surface area contributed by atoms with Crippen molar-refractivity contribution in [2.45, 2.75) is 31.0 Å². The molecule has 0 spiro atoms. The molecule has 1 aliphatic heterocycles. The number of aliphatic carboxylic acids is 1. The van der Waals surface area contributed by atoms with E-state index in [1.807, 2.05) is 6.07 Å². The van der Waals surface area contributed by atoms with Crippen molar-refractivity contribution in [3.8, 4) is 0 Å². The largest absolute Gasteiger partial charge is 0.480 e. The molecule has 1 fully saturated rings. The summed E-state index contributed by atoms with van der Waals surface area (Å²) in [6.07, 6.45) is -0.794. The quantitative estimate of drug-likeness (QED) is 0.716. The normalized spacial score (nSPS) is 25.2. The predicted molar refractivity (Wildman–Crippen MR) is 71.7 cm³/mol. The Balaban J connectivity index is 2.28. The highest BCUT2D eigenvalue weighted by Gasteiger charge is 2.44. The lowest BCUT2D eigenvalue weighted by atomic mass is 9.91. The van der Waals surface area contributed by atoms with Crippen LogP contribution < -0.4 is 5.73 Å². The van der Waals surface area contributed by atoms with Crippen LogP contribution in [0.15, 0.2) is 30.3 Å². The number of hydrogen-bond donors (Lipinski definition) is 3. The van der Waals surface area contributed by atoms with Gasteiger partial charge in [0.15, 0.2) is 0 Å². The SMILES string of the molecule is CC(N)(C(=O)N1CC(O)C[C@H]1C(=O)O)c1ccccc1. The summed E-state index contributed by atoms with van der Waals surface area (Å²) in [5.41, 5.74) is 5.39. The molecular weight excluding hydrogens is 260 g/mol. The number of amides is 1. The van der Waals surface area contributed by atoms with Crippen LogP contribution in [0.4, 0.5) is 0 Å². The summed E-state index contributed by atoms with van der Waals surface area (Å²) >= 11 is 0. The zero-order valence-corrected chi connectivity index (χ0v) is 11.2. The molecule has 1 saturated heterocycles. The molecule has 6 nitrogen and oxygen atoms in total. The monoisotopic (exact) mass is 278 g/mol. The summed E-state index contributed by atoms with van der Waals surface area (Å²) in [6, 6.07) is 7.76. The fraction of sp³-hybridized carbons (Fsp3) is 0.429. The average Bonchev–Trinajstić information content (AvgIpc) is 2.81. The first-order chi connectivity index (χ1) is 9.34. The minimum absolute atomic E-state index is 0.00454. The second-order valence-corrected chi connectivity index (χ2v) is 5.27. The van der Waals surface area contributed by atoms with Gasteiger partial charge in [-0.1, -0.05) is 30.3 Å². The summed E-state index contributed by atoms with van der Waals surface area (Å²) in [5, 5.41) is 18.7. The number of rotatable bonds is 3. The molecule has 2 unspecified atom stereocenters. The van der Waals surface area contributed by atoms with E-state index >= 15 is 0 Å². The maximum Gasteiger partial charge on any atom is 0.326 e. The summed E-state index contributed by atoms with van der Waals surface area (Å²) in [6.45, 7) is 1.55. The van der Waals surface area contributed by atoms with Gasteiger partial charge >= 0.3 is 5.97 Å². The van der Waals surface area contributed by atoms with Gasteiger partial charge in [0.1, 0.15) is 11.6 Å². The van der Waals surface area contributed by atoms with Gasteiger partial charge in [0.2, 0.25) is 5.91 Å². The molecule has 1 aromatic rings. The van der Waals surface area contributed by atoms with Crippen molar-refractivity contribution in [3.05, 3.63) is 35.9 Å². The Morgan fingerprint density at radius 1 is 1.35 bits per heavy atom. The summed E-state index contributed by atoms with van der Waals surface area (Å²) < 4.78 is 0. The number of nitrogens with zero attached hydrogens (tertiary/aromatic N) is 1. The number of carboxylic acid groups (broad SMARTS) is 1. The average molecular weight is 278 g/mol. The Hall–Kier alpha value is -1.92. The number of aliphatic hydroxyl groups is 1. The van der Waals surface area contributed by atoms with Crippen molar-refractivity contribution in [1.82, 2.24) is 4.90 Å². The zero-order chi connectivity index (χ0) is 14.9. The first-order valence-corrected chi connectivity index (χ1v) is 6.40. The van der Waals surface area contributed by atoms with Crippen LogP contribution in [0.1, 0.15) is 18.9 Å². The smallest absolute Gasteiger partial charge is 0.326 e. The molecule has 0 bridgehead atoms. The van der Waals surface area contributed by atoms with Gasteiger partial charge in [-0.3, -0.25) is 4.79 Å². The Kier molecular flexibility index (Phi) is 3.78. The van der Waals surface area contributed by atoms with E-state index in [0.717, 1.165) is 4.90 Å². The van der Waals surface area contributed by atoms with Crippen molar-refractivity contribution in [3.63, 3.8) is 0 Å². The molecule has 3 atom stereocenters. The van der Waals surface area contributed by atoms with Crippen molar-refractivity contribution in [1.29, 1.82) is 0 Å². The molecule has 0 saturated carbocycles. The maximum atomic E-state index is 12.6. The highest BCUT2D eigenvalue weighted by molar-refractivity contribution is 5.91. The number of benzene rings is 1. The van der Waals surface area contributed by atoms with E-state index in [-0.39, 0.29) is 13.0 Å². The van der Waals surface area contributed by atoms with Gasteiger partial charge in [0, 0.05) is 13.0 Å². The van der Waals surface area contributed by atoms with Crippen molar-refractivity contribution in [2.75, 3.05) is 6.54 Å². The minimum atomic E-state index is -1.32. The Labute approximate surface area is 116 Å². The second-order valence-electron chi connectivity index (χ2n) is 5.27. The predicted octanol–water partition coefficient (Wildman–Crippen LogP) is -0.0931. The van der Waals surface area contributed by atoms with E-state index in [1.54, 1.807) is 31.2 Å². The molecule has 6 heteroatoms. The lowest BCUT2D eigenvalue weighted by Gasteiger charge is -2.31. The molecular formula is C14H18N2O4. The topological polar surface area (TPSA) is 104 Å². The van der Waals surface area contributed by atoms with Crippen LogP contribution in [0.3, 0.4) is 0 Å². The first kappa shape index (κ1) is 14.5. The third kappa shape index (κ3) is 2.52. The summed E-state index contributed by atoms with van der Waals surface area (Å²) in [5.74, 6) is -1.62. The van der Waals surface area contributed by atoms with Crippen LogP contribution in [-0.4, -0.2) is 45.7 Å². The van der Waals surface area contributed by atoms with Crippen molar-refractivity contribution in [2.24, 2.45) is 5.73 Å². The maximum absolute atomic E-state index is 12.6. The fourth-order valence-electron chi connectivity index (χ4n) is 2.48. The van der Waals surface area contributed by atoms with E-state index < -0.39 is 29.6 Å². The van der Waals surface area contributed by atoms with Gasteiger partial charge in [0.05, 0.1) is 6.10 Å². The Morgan fingerprint density at radius 2 is 1.95 bits per heavy atom. The van der Waals surface area contributed by atoms with Gasteiger partial charge in [-0.2, -0.15) is 0 Å². The highest BCUT2D eigenvalue weighted by Crippen LogP contribution is 2.26. The number of carbonyl (C=O) groups is 2. The van der Waals surface area contributed by atoms with Crippen molar-refractivity contribution < 1.29 is 19.8 Å². The second kappa shape index (κ2) is 5.22. The van der Waals surface area contributed by atoms with Gasteiger partial charge in [-0.15, -0.1) is 0 Å². The molecule has 4 N–H and O–H groups in total. The van der Waals surface area contributed by atoms with Gasteiger partial charge < -0.3 is 20.8 Å². The molecule has 1 heterocycles. The zero-order valence-electron chi connectivity index (χ0n) is 11.2. The van der Waals surface area contributed by atoms with Crippen LogP contribution in [0.5, 0.6) is 0 Å². The molecule has 0 aliphatic carbocycles. The van der Waals surface area contributed by atoms with E-state index in [2.05, 4.69) is 0 Å². The molecule has 2 rings (SSSR count). The number of carbonyl (C=O) groups excluding carboxylic acids is 1. The number of aliphatic hydroxyl groups excluding tert-OH is 1. The number of β-amino-alcohol motifs (C(OH)–C–C–N with tert-alkyl or cyclic N) is 1. The van der Waals surface area contributed by atoms with E-state index in [1.165, 1.54) is 0 Å². The fourth-order valence-corrected chi connectivity index (χ4v) is 2.48. The van der Waals surface area contributed by atoms with Crippen LogP contribution in [0.2, 0.25) is 0 Å². The van der Waals surface area contributed by atoms with E-state index in [9.17, 15) is 14.7 Å². The number of likely N-dealkylation sites (tertiary alicyclic amines) is 1. The molecule has 1 amide bonds. The summed E-state index contributed by atoms with van der Waals surface area (Å²) in [7, 11) is 0. The lowest BCUT2D eigenvalue weighted by Crippen LogP contribution is -2.54. The molecule has 0 radical (unpaired) electrons. The van der Waals surface area contributed by atoms with Crippen LogP contribution in [0.25, 0.3) is 0 Å². The molecule has 1 aromatic carbocycles. The highest BCUT2D eigenvalue weighted by atomic mass is 16.4. The summed E-state index contributed by atoms with van der Waals surface area (Å²) in [4.78, 5) is 24.9. The van der Waals surface area contributed by atoms with Crippen LogP contribution in [-0.2, 0) is 15.1 Å². The lowest BCUT2D eigenvalue weighted by molar-refractivity contribution is -0.150. The van der Waals surface area contributed by atoms with E-state index in [4.69, 9.17) is 10.8 Å². The Bertz CT molecular complexity index is 515. The molecule has 20 heavy (non-hydrogen) atoms. The van der Waals surface area contributed by atoms with E-state index in [0.29, 0.717) is 5.56 Å². The van der Waals surface area contributed by atoms with Gasteiger partial charge in [0.25, 0.3) is 0 Å². The molecule has 1 aliphatic rings. The molecule has 108 valence electrons. The van der Waals surface area contributed by atoms with Crippen LogP contribution >= 0.6 is 0 Å². The number of nitrogens with two attached hydrogens (primary N) is 1. The first-order valence-electron chi connectivity index (χ1n) is 6.40. The van der Waals surface area contributed by atoms with Gasteiger partial charge in [-0.25, -0.2) is 4.79 Å². The third-order valence-electron chi connectivity index (χ3n) is 3.64. The molecule has 0 aromatic heterocycles. The standard InChI is InChI=1S/C14H18N2O4/c1-14(15,9-5-3-2-4-6-9)13(20)16-8-10(17)7-11(16)12(18)19/h2-6,10-11,17H,7-8,15H2,1H3,(H,18,19)/t10?,11-,14?/m0/s1. The van der Waals surface area contributed by atoms with Crippen molar-refractivity contribution >= 4 is 11.9 Å². The third-order valence-corrected chi connectivity index (χ3v) is 3.64. The van der Waals surface area contributed by atoms with Crippen LogP contribution in [0, 0.1) is 0 Å². The number of hydrogen-bond acceptors (Lipinski definition) is 4.